The first kappa shape index (κ1) is 16.2. The second-order valence-electron chi connectivity index (χ2n) is 7.17. The van der Waals surface area contributed by atoms with E-state index in [4.69, 9.17) is 0 Å². The molecule has 1 aromatic rings. The van der Waals surface area contributed by atoms with Crippen molar-refractivity contribution in [2.24, 2.45) is 5.92 Å². The first-order chi connectivity index (χ1) is 11.1. The fraction of sp³-hybridized carbons (Fsp3) is 0.667. The Morgan fingerprint density at radius 1 is 1.22 bits per heavy atom. The Balaban J connectivity index is 1.80. The molecule has 2 fully saturated rings. The van der Waals surface area contributed by atoms with Gasteiger partial charge in [-0.3, -0.25) is 9.78 Å². The van der Waals surface area contributed by atoms with Crippen molar-refractivity contribution in [3.63, 3.8) is 0 Å². The maximum absolute atomic E-state index is 13.0. The van der Waals surface area contributed by atoms with Gasteiger partial charge in [-0.1, -0.05) is 13.8 Å². The second kappa shape index (κ2) is 6.87. The number of nitrogens with zero attached hydrogens (tertiary/aromatic N) is 4. The molecule has 2 saturated heterocycles. The molecule has 2 aliphatic heterocycles. The number of piperazine rings is 1. The zero-order chi connectivity index (χ0) is 16.4. The van der Waals surface area contributed by atoms with Crippen LogP contribution >= 0.6 is 0 Å². The fourth-order valence-corrected chi connectivity index (χ4v) is 3.63. The van der Waals surface area contributed by atoms with Gasteiger partial charge < -0.3 is 14.7 Å². The van der Waals surface area contributed by atoms with E-state index in [1.165, 1.54) is 12.8 Å². The fourth-order valence-electron chi connectivity index (χ4n) is 3.63. The minimum absolute atomic E-state index is 0.0813. The van der Waals surface area contributed by atoms with E-state index in [2.05, 4.69) is 35.7 Å². The quantitative estimate of drug-likeness (QED) is 0.856. The van der Waals surface area contributed by atoms with E-state index < -0.39 is 0 Å². The SMILES string of the molecule is CC(C)C1CN(C)CCN1C(=O)c1cc(N2CCCC2)ccn1. The van der Waals surface area contributed by atoms with Gasteiger partial charge in [0.1, 0.15) is 5.69 Å². The third kappa shape index (κ3) is 3.50. The normalized spacial score (nSPS) is 22.9. The van der Waals surface area contributed by atoms with Crippen molar-refractivity contribution in [2.45, 2.75) is 32.7 Å². The smallest absolute Gasteiger partial charge is 0.272 e. The van der Waals surface area contributed by atoms with Gasteiger partial charge in [-0.15, -0.1) is 0 Å². The van der Waals surface area contributed by atoms with Crippen LogP contribution < -0.4 is 4.90 Å². The van der Waals surface area contributed by atoms with Crippen molar-refractivity contribution >= 4 is 11.6 Å². The van der Waals surface area contributed by atoms with Crippen molar-refractivity contribution in [3.05, 3.63) is 24.0 Å². The highest BCUT2D eigenvalue weighted by atomic mass is 16.2. The lowest BCUT2D eigenvalue weighted by molar-refractivity contribution is 0.0397. The van der Waals surface area contributed by atoms with Crippen LogP contribution in [0.2, 0.25) is 0 Å². The number of hydrogen-bond donors (Lipinski definition) is 0. The van der Waals surface area contributed by atoms with Gasteiger partial charge in [0.05, 0.1) is 0 Å². The number of likely N-dealkylation sites (N-methyl/N-ethyl adjacent to an activating group) is 1. The highest BCUT2D eigenvalue weighted by molar-refractivity contribution is 5.93. The van der Waals surface area contributed by atoms with E-state index in [0.717, 1.165) is 38.4 Å². The summed E-state index contributed by atoms with van der Waals surface area (Å²) in [5.74, 6) is 0.529. The van der Waals surface area contributed by atoms with Gasteiger partial charge in [-0.25, -0.2) is 0 Å². The second-order valence-corrected chi connectivity index (χ2v) is 7.17. The highest BCUT2D eigenvalue weighted by Crippen LogP contribution is 2.23. The molecular weight excluding hydrogens is 288 g/mol. The molecule has 0 saturated carbocycles. The number of rotatable bonds is 3. The van der Waals surface area contributed by atoms with Crippen molar-refractivity contribution in [1.29, 1.82) is 0 Å². The zero-order valence-electron chi connectivity index (χ0n) is 14.5. The van der Waals surface area contributed by atoms with Crippen LogP contribution in [-0.2, 0) is 0 Å². The number of amides is 1. The summed E-state index contributed by atoms with van der Waals surface area (Å²) in [7, 11) is 2.13. The summed E-state index contributed by atoms with van der Waals surface area (Å²) in [5.41, 5.74) is 1.72. The predicted molar refractivity (Wildman–Crippen MR) is 92.8 cm³/mol. The molecule has 126 valence electrons. The van der Waals surface area contributed by atoms with Crippen molar-refractivity contribution < 1.29 is 4.79 Å². The van der Waals surface area contributed by atoms with E-state index in [9.17, 15) is 4.79 Å². The molecule has 5 heteroatoms. The zero-order valence-corrected chi connectivity index (χ0v) is 14.5. The van der Waals surface area contributed by atoms with Crippen LogP contribution in [0.3, 0.4) is 0 Å². The predicted octanol–water partition coefficient (Wildman–Crippen LogP) is 2.09. The monoisotopic (exact) mass is 316 g/mol. The molecule has 1 aromatic heterocycles. The Bertz CT molecular complexity index is 554. The van der Waals surface area contributed by atoms with Crippen LogP contribution in [0, 0.1) is 5.92 Å². The van der Waals surface area contributed by atoms with Gasteiger partial charge in [0.2, 0.25) is 0 Å². The molecule has 3 heterocycles. The lowest BCUT2D eigenvalue weighted by atomic mass is 9.99. The largest absolute Gasteiger partial charge is 0.371 e. The molecule has 5 nitrogen and oxygen atoms in total. The van der Waals surface area contributed by atoms with Crippen LogP contribution in [0.4, 0.5) is 5.69 Å². The molecule has 1 atom stereocenters. The van der Waals surface area contributed by atoms with Crippen LogP contribution in [0.15, 0.2) is 18.3 Å². The van der Waals surface area contributed by atoms with Crippen LogP contribution in [0.1, 0.15) is 37.2 Å². The average molecular weight is 316 g/mol. The Morgan fingerprint density at radius 2 is 1.96 bits per heavy atom. The van der Waals surface area contributed by atoms with E-state index in [1.54, 1.807) is 6.20 Å². The molecule has 0 aliphatic carbocycles. The standard InChI is InChI=1S/C18H28N4O/c1-14(2)17-13-20(3)10-11-22(17)18(23)16-12-15(6-7-19-16)21-8-4-5-9-21/h6-7,12,14,17H,4-5,8-11,13H2,1-3H3. The van der Waals surface area contributed by atoms with Crippen molar-refractivity contribution in [1.82, 2.24) is 14.8 Å². The van der Waals surface area contributed by atoms with Crippen LogP contribution in [0.25, 0.3) is 0 Å². The maximum Gasteiger partial charge on any atom is 0.272 e. The molecule has 23 heavy (non-hydrogen) atoms. The van der Waals surface area contributed by atoms with Gasteiger partial charge in [0.25, 0.3) is 5.91 Å². The highest BCUT2D eigenvalue weighted by Gasteiger charge is 2.32. The molecule has 0 bridgehead atoms. The topological polar surface area (TPSA) is 39.7 Å². The lowest BCUT2D eigenvalue weighted by Gasteiger charge is -2.42. The Labute approximate surface area is 139 Å². The van der Waals surface area contributed by atoms with Crippen LogP contribution in [0.5, 0.6) is 0 Å². The molecule has 3 rings (SSSR count). The summed E-state index contributed by atoms with van der Waals surface area (Å²) in [6, 6.07) is 4.26. The minimum atomic E-state index is 0.0813. The molecule has 0 spiro atoms. The van der Waals surface area contributed by atoms with Crippen molar-refractivity contribution in [2.75, 3.05) is 44.7 Å². The minimum Gasteiger partial charge on any atom is -0.371 e. The summed E-state index contributed by atoms with van der Waals surface area (Å²) in [5, 5.41) is 0. The Hall–Kier alpha value is -1.62. The third-order valence-electron chi connectivity index (χ3n) is 5.09. The lowest BCUT2D eigenvalue weighted by Crippen LogP contribution is -2.56. The molecular formula is C18H28N4O. The Kier molecular flexibility index (Phi) is 4.85. The number of pyridine rings is 1. The molecule has 1 unspecified atom stereocenters. The summed E-state index contributed by atoms with van der Waals surface area (Å²) in [6.07, 6.45) is 4.25. The summed E-state index contributed by atoms with van der Waals surface area (Å²) in [6.45, 7) is 9.21. The number of anilines is 1. The summed E-state index contributed by atoms with van der Waals surface area (Å²) >= 11 is 0. The van der Waals surface area contributed by atoms with Crippen LogP contribution in [-0.4, -0.2) is 66.5 Å². The van der Waals surface area contributed by atoms with Gasteiger partial charge in [0.15, 0.2) is 0 Å². The van der Waals surface area contributed by atoms with Gasteiger partial charge in [0, 0.05) is 50.6 Å². The number of carbonyl (C=O) groups is 1. The van der Waals surface area contributed by atoms with E-state index in [0.29, 0.717) is 11.6 Å². The summed E-state index contributed by atoms with van der Waals surface area (Å²) in [4.78, 5) is 24.1. The molecule has 1 amide bonds. The van der Waals surface area contributed by atoms with E-state index in [1.807, 2.05) is 17.0 Å². The molecule has 0 aromatic carbocycles. The number of aromatic nitrogens is 1. The molecule has 0 radical (unpaired) electrons. The molecule has 0 N–H and O–H groups in total. The molecule has 2 aliphatic rings. The van der Waals surface area contributed by atoms with Crippen molar-refractivity contribution in [3.8, 4) is 0 Å². The first-order valence-corrected chi connectivity index (χ1v) is 8.77. The third-order valence-corrected chi connectivity index (χ3v) is 5.09. The average Bonchev–Trinajstić information content (AvgIpc) is 3.09. The number of hydrogen-bond acceptors (Lipinski definition) is 4. The van der Waals surface area contributed by atoms with Gasteiger partial charge in [-0.05, 0) is 37.9 Å². The first-order valence-electron chi connectivity index (χ1n) is 8.77. The van der Waals surface area contributed by atoms with Gasteiger partial charge >= 0.3 is 0 Å². The van der Waals surface area contributed by atoms with E-state index >= 15 is 0 Å². The maximum atomic E-state index is 13.0. The Morgan fingerprint density at radius 3 is 2.65 bits per heavy atom. The van der Waals surface area contributed by atoms with Gasteiger partial charge in [-0.2, -0.15) is 0 Å². The summed E-state index contributed by atoms with van der Waals surface area (Å²) < 4.78 is 0. The van der Waals surface area contributed by atoms with E-state index in [-0.39, 0.29) is 11.9 Å². The number of carbonyl (C=O) groups excluding carboxylic acids is 1.